The number of rotatable bonds is 4. The van der Waals surface area contributed by atoms with Gasteiger partial charge >= 0.3 is 11.9 Å². The molecule has 4 rings (SSSR count). The minimum atomic E-state index is -0.422. The van der Waals surface area contributed by atoms with Gasteiger partial charge in [-0.25, -0.2) is 0 Å². The quantitative estimate of drug-likeness (QED) is 0.255. The molecular formula is C31H42O4. The van der Waals surface area contributed by atoms with Gasteiger partial charge in [0.15, 0.2) is 0 Å². The molecule has 2 aliphatic rings. The lowest BCUT2D eigenvalue weighted by Gasteiger charge is -2.27. The van der Waals surface area contributed by atoms with Crippen molar-refractivity contribution in [2.45, 2.75) is 80.3 Å². The molecule has 2 aliphatic heterocycles. The lowest BCUT2D eigenvalue weighted by Crippen LogP contribution is -2.28. The van der Waals surface area contributed by atoms with Crippen LogP contribution >= 0.6 is 0 Å². The number of esters is 2. The molecule has 35 heavy (non-hydrogen) atoms. The van der Waals surface area contributed by atoms with Gasteiger partial charge in [0.25, 0.3) is 0 Å². The topological polar surface area (TPSA) is 52.6 Å². The summed E-state index contributed by atoms with van der Waals surface area (Å²) in [5.41, 5.74) is 2.59. The highest BCUT2D eigenvalue weighted by Gasteiger charge is 2.31. The maximum atomic E-state index is 12.7. The zero-order valence-electron chi connectivity index (χ0n) is 22.5. The Morgan fingerprint density at radius 1 is 1.03 bits per heavy atom. The predicted molar refractivity (Wildman–Crippen MR) is 142 cm³/mol. The molecule has 2 heterocycles. The zero-order valence-corrected chi connectivity index (χ0v) is 22.5. The van der Waals surface area contributed by atoms with Gasteiger partial charge in [0.05, 0.1) is 12.3 Å². The first-order valence-electron chi connectivity index (χ1n) is 12.8. The Balaban J connectivity index is 0.00000100. The average Bonchev–Trinajstić information content (AvgIpc) is 2.81. The molecule has 0 spiro atoms. The van der Waals surface area contributed by atoms with E-state index in [4.69, 9.17) is 9.47 Å². The van der Waals surface area contributed by atoms with Crippen LogP contribution in [0.5, 0.6) is 5.75 Å². The van der Waals surface area contributed by atoms with E-state index >= 15 is 0 Å². The summed E-state index contributed by atoms with van der Waals surface area (Å²) in [5.74, 6) is 0.606. The van der Waals surface area contributed by atoms with Crippen LogP contribution in [0.2, 0.25) is 0 Å². The summed E-state index contributed by atoms with van der Waals surface area (Å²) in [7, 11) is 0. The van der Waals surface area contributed by atoms with Crippen LogP contribution < -0.4 is 4.74 Å². The number of benzene rings is 2. The van der Waals surface area contributed by atoms with E-state index in [0.29, 0.717) is 5.75 Å². The van der Waals surface area contributed by atoms with E-state index in [2.05, 4.69) is 39.8 Å². The van der Waals surface area contributed by atoms with E-state index < -0.39 is 5.41 Å². The first kappa shape index (κ1) is 28.4. The van der Waals surface area contributed by atoms with Crippen LogP contribution in [0.4, 0.5) is 0 Å². The Kier molecular flexibility index (Phi) is 10.8. The van der Waals surface area contributed by atoms with Gasteiger partial charge in [-0.2, -0.15) is 0 Å². The molecule has 0 amide bonds. The third kappa shape index (κ3) is 8.69. The molecule has 0 fully saturated rings. The molecular weight excluding hydrogens is 436 g/mol. The molecule has 4 nitrogen and oxygen atoms in total. The summed E-state index contributed by atoms with van der Waals surface area (Å²) in [5, 5.41) is 0. The van der Waals surface area contributed by atoms with Crippen LogP contribution in [0.15, 0.2) is 60.7 Å². The Morgan fingerprint density at radius 3 is 2.31 bits per heavy atom. The van der Waals surface area contributed by atoms with Crippen LogP contribution in [0.1, 0.15) is 90.3 Å². The second-order valence-electron chi connectivity index (χ2n) is 10.6. The van der Waals surface area contributed by atoms with Gasteiger partial charge in [-0.05, 0) is 41.0 Å². The van der Waals surface area contributed by atoms with E-state index in [1.165, 1.54) is 5.56 Å². The molecule has 0 aliphatic carbocycles. The van der Waals surface area contributed by atoms with Gasteiger partial charge in [-0.3, -0.25) is 9.59 Å². The van der Waals surface area contributed by atoms with Crippen LogP contribution in [0.25, 0.3) is 0 Å². The summed E-state index contributed by atoms with van der Waals surface area (Å²) in [4.78, 5) is 25.3. The summed E-state index contributed by atoms with van der Waals surface area (Å²) in [6.45, 7) is 14.6. The average molecular weight is 479 g/mol. The molecule has 0 aromatic heterocycles. The molecule has 0 saturated carbocycles. The van der Waals surface area contributed by atoms with Crippen molar-refractivity contribution in [3.8, 4) is 5.75 Å². The summed E-state index contributed by atoms with van der Waals surface area (Å²) >= 11 is 0. The minimum Gasteiger partial charge on any atom is -0.461 e. The molecule has 0 radical (unpaired) electrons. The fourth-order valence-electron chi connectivity index (χ4n) is 3.88. The summed E-state index contributed by atoms with van der Waals surface area (Å²) < 4.78 is 11.5. The van der Waals surface area contributed by atoms with Crippen LogP contribution in [0.3, 0.4) is 0 Å². The van der Waals surface area contributed by atoms with Crippen molar-refractivity contribution >= 4 is 11.9 Å². The number of carbonyl (C=O) groups is 2. The number of carbonyl (C=O) groups excluding carboxylic acids is 2. The van der Waals surface area contributed by atoms with Crippen molar-refractivity contribution in [3.05, 3.63) is 77.4 Å². The van der Waals surface area contributed by atoms with Crippen LogP contribution in [-0.4, -0.2) is 11.9 Å². The Bertz CT molecular complexity index is 986. The lowest BCUT2D eigenvalue weighted by molar-refractivity contribution is -0.152. The highest BCUT2D eigenvalue weighted by atomic mass is 16.5. The van der Waals surface area contributed by atoms with Gasteiger partial charge < -0.3 is 9.47 Å². The lowest BCUT2D eigenvalue weighted by atomic mass is 9.79. The second-order valence-corrected chi connectivity index (χ2v) is 10.6. The monoisotopic (exact) mass is 478 g/mol. The second kappa shape index (κ2) is 13.3. The van der Waals surface area contributed by atoms with E-state index in [1.54, 1.807) is 6.08 Å². The van der Waals surface area contributed by atoms with Crippen molar-refractivity contribution in [1.82, 2.24) is 0 Å². The van der Waals surface area contributed by atoms with Crippen molar-refractivity contribution < 1.29 is 19.1 Å². The van der Waals surface area contributed by atoms with E-state index in [1.807, 2.05) is 63.2 Å². The standard InChI is InChI=1S/C27H32O4.C4H10/c1-5-10-22(21-11-7-6-8-12-21)23-17-20-14-15-24(23)31-25(28)13-9-16-27(3,4)19(2)26(29)30-18-20;1-4(2)3/h6-9,11-12,14-17,19,22H,5,10,13,18H2,1-4H3;4H,1-3H3/b16-9+;. The molecule has 2 aromatic carbocycles. The van der Waals surface area contributed by atoms with E-state index in [-0.39, 0.29) is 36.8 Å². The van der Waals surface area contributed by atoms with Crippen molar-refractivity contribution in [2.24, 2.45) is 17.3 Å². The van der Waals surface area contributed by atoms with Gasteiger partial charge in [-0.1, -0.05) is 103 Å². The molecule has 0 N–H and O–H groups in total. The van der Waals surface area contributed by atoms with Crippen LogP contribution in [0, 0.1) is 17.3 Å². The first-order valence-corrected chi connectivity index (χ1v) is 12.8. The third-order valence-electron chi connectivity index (χ3n) is 6.14. The zero-order chi connectivity index (χ0) is 26.0. The number of fused-ring (bicyclic) bond motifs is 10. The van der Waals surface area contributed by atoms with Crippen molar-refractivity contribution in [3.63, 3.8) is 0 Å². The molecule has 2 aromatic rings. The molecule has 190 valence electrons. The number of hydrogen-bond acceptors (Lipinski definition) is 4. The molecule has 2 unspecified atom stereocenters. The van der Waals surface area contributed by atoms with E-state index in [9.17, 15) is 9.59 Å². The summed E-state index contributed by atoms with van der Waals surface area (Å²) in [6, 6.07) is 15.9. The van der Waals surface area contributed by atoms with Crippen LogP contribution in [-0.2, 0) is 20.9 Å². The smallest absolute Gasteiger partial charge is 0.315 e. The fraction of sp³-hybridized carbons (Fsp3) is 0.484. The number of ether oxygens (including phenoxy) is 2. The maximum Gasteiger partial charge on any atom is 0.315 e. The Labute approximate surface area is 211 Å². The third-order valence-corrected chi connectivity index (χ3v) is 6.14. The van der Waals surface area contributed by atoms with Crippen molar-refractivity contribution in [1.29, 1.82) is 0 Å². The van der Waals surface area contributed by atoms with Gasteiger partial charge in [0.2, 0.25) is 0 Å². The number of allylic oxidation sites excluding steroid dienone is 1. The first-order chi connectivity index (χ1) is 16.5. The van der Waals surface area contributed by atoms with Crippen molar-refractivity contribution in [2.75, 3.05) is 0 Å². The van der Waals surface area contributed by atoms with E-state index in [0.717, 1.165) is 29.9 Å². The SMILES string of the molecule is CC(C)C.CCCC(c1ccccc1)c1cc2ccc1OC(=O)C/C=C/C(C)(C)C(C)C(=O)OC2. The predicted octanol–water partition coefficient (Wildman–Crippen LogP) is 7.85. The van der Waals surface area contributed by atoms with Gasteiger partial charge in [-0.15, -0.1) is 0 Å². The number of hydrogen-bond donors (Lipinski definition) is 0. The Hall–Kier alpha value is -2.88. The molecule has 4 heteroatoms. The molecule has 0 saturated heterocycles. The normalized spacial score (nSPS) is 19.6. The highest BCUT2D eigenvalue weighted by Crippen LogP contribution is 2.37. The Morgan fingerprint density at radius 2 is 1.69 bits per heavy atom. The summed E-state index contributed by atoms with van der Waals surface area (Å²) in [6.07, 6.45) is 5.74. The largest absolute Gasteiger partial charge is 0.461 e. The van der Waals surface area contributed by atoms with Gasteiger partial charge in [0.1, 0.15) is 12.4 Å². The minimum absolute atomic E-state index is 0.0888. The van der Waals surface area contributed by atoms with Gasteiger partial charge in [0, 0.05) is 11.5 Å². The maximum absolute atomic E-state index is 12.7. The highest BCUT2D eigenvalue weighted by molar-refractivity contribution is 5.75. The fourth-order valence-corrected chi connectivity index (χ4v) is 3.88. The molecule has 2 atom stereocenters. The molecule has 2 bridgehead atoms.